The lowest BCUT2D eigenvalue weighted by Crippen LogP contribution is -2.39. The molecule has 2 aromatic carbocycles. The smallest absolute Gasteiger partial charge is 0.337 e. The molecule has 0 aliphatic carbocycles. The maximum absolute atomic E-state index is 13.5. The highest BCUT2D eigenvalue weighted by Gasteiger charge is 2.36. The van der Waals surface area contributed by atoms with Gasteiger partial charge in [0, 0.05) is 35.6 Å². The van der Waals surface area contributed by atoms with Gasteiger partial charge >= 0.3 is 5.97 Å². The molecule has 3 aromatic rings. The minimum absolute atomic E-state index is 0.128. The van der Waals surface area contributed by atoms with E-state index in [0.29, 0.717) is 11.3 Å². The average Bonchev–Trinajstić information content (AvgIpc) is 2.91. The summed E-state index contributed by atoms with van der Waals surface area (Å²) in [6.45, 7) is 15.8. The minimum Gasteiger partial charge on any atom is -0.485 e. The summed E-state index contributed by atoms with van der Waals surface area (Å²) in [6, 6.07) is 12.7. The maximum atomic E-state index is 13.5. The van der Waals surface area contributed by atoms with E-state index in [1.54, 1.807) is 12.1 Å². The molecule has 42 heavy (non-hydrogen) atoms. The first-order chi connectivity index (χ1) is 19.7. The maximum Gasteiger partial charge on any atom is 0.337 e. The van der Waals surface area contributed by atoms with Crippen LogP contribution in [0.25, 0.3) is 11.1 Å². The monoisotopic (exact) mass is 574 g/mol. The van der Waals surface area contributed by atoms with Gasteiger partial charge in [0.1, 0.15) is 17.7 Å². The number of aromatic nitrogens is 1. The molecule has 1 fully saturated rings. The Balaban J connectivity index is 1.61. The summed E-state index contributed by atoms with van der Waals surface area (Å²) in [5.41, 5.74) is 6.63. The summed E-state index contributed by atoms with van der Waals surface area (Å²) >= 11 is 0. The Hall–Kier alpha value is -3.45. The van der Waals surface area contributed by atoms with Gasteiger partial charge in [0.2, 0.25) is 0 Å². The van der Waals surface area contributed by atoms with Crippen molar-refractivity contribution in [1.29, 1.82) is 0 Å². The van der Waals surface area contributed by atoms with Gasteiger partial charge in [-0.1, -0.05) is 32.0 Å². The number of nitrogens with zero attached hydrogens (tertiary/aromatic N) is 2. The van der Waals surface area contributed by atoms with E-state index in [2.05, 4.69) is 24.8 Å². The number of anilines is 1. The number of rotatable bonds is 6. The molecule has 1 unspecified atom stereocenters. The summed E-state index contributed by atoms with van der Waals surface area (Å²) in [5, 5.41) is 10.4. The third kappa shape index (κ3) is 6.31. The summed E-state index contributed by atoms with van der Waals surface area (Å²) in [5.74, 6) is -0.459. The lowest BCUT2D eigenvalue weighted by Gasteiger charge is -2.41. The van der Waals surface area contributed by atoms with Crippen molar-refractivity contribution in [2.45, 2.75) is 92.0 Å². The van der Waals surface area contributed by atoms with Crippen LogP contribution in [0.3, 0.4) is 0 Å². The predicted octanol–water partition coefficient (Wildman–Crippen LogP) is 8.14. The molecular weight excluding hydrogens is 531 g/mol. The first-order valence-electron chi connectivity index (χ1n) is 14.9. The van der Waals surface area contributed by atoms with Crippen LogP contribution in [0.5, 0.6) is 5.75 Å². The van der Waals surface area contributed by atoms with Crippen molar-refractivity contribution in [1.82, 2.24) is 4.98 Å². The molecule has 2 aliphatic heterocycles. The van der Waals surface area contributed by atoms with Crippen molar-refractivity contribution in [2.75, 3.05) is 18.0 Å². The van der Waals surface area contributed by atoms with Crippen molar-refractivity contribution in [3.63, 3.8) is 0 Å². The number of aryl methyl sites for hydroxylation is 3. The van der Waals surface area contributed by atoms with Crippen LogP contribution in [-0.2, 0) is 16.0 Å². The Kier molecular flexibility index (Phi) is 8.10. The van der Waals surface area contributed by atoms with Gasteiger partial charge in [0.25, 0.3) is 0 Å². The lowest BCUT2D eigenvalue weighted by atomic mass is 9.81. The zero-order valence-corrected chi connectivity index (χ0v) is 25.9. The second-order valence-corrected chi connectivity index (χ2v) is 13.5. The van der Waals surface area contributed by atoms with Gasteiger partial charge in [0.05, 0.1) is 11.3 Å². The number of halogens is 1. The van der Waals surface area contributed by atoms with Crippen molar-refractivity contribution in [2.24, 2.45) is 5.41 Å². The van der Waals surface area contributed by atoms with E-state index in [9.17, 15) is 14.3 Å². The summed E-state index contributed by atoms with van der Waals surface area (Å²) < 4.78 is 26.1. The molecule has 2 atom stereocenters. The Labute approximate surface area is 248 Å². The molecule has 5 rings (SSSR count). The number of carboxylic acids is 1. The average molecular weight is 575 g/mol. The van der Waals surface area contributed by atoms with Crippen LogP contribution in [0.2, 0.25) is 0 Å². The Morgan fingerprint density at radius 2 is 1.76 bits per heavy atom. The lowest BCUT2D eigenvalue weighted by molar-refractivity contribution is -0.160. The van der Waals surface area contributed by atoms with Crippen LogP contribution in [0.4, 0.5) is 10.1 Å². The van der Waals surface area contributed by atoms with Gasteiger partial charge in [-0.05, 0) is 107 Å². The number of fused-ring (bicyclic) bond motifs is 1. The predicted molar refractivity (Wildman–Crippen MR) is 164 cm³/mol. The van der Waals surface area contributed by atoms with Crippen LogP contribution in [-0.4, -0.2) is 34.8 Å². The molecule has 1 saturated heterocycles. The molecule has 7 heteroatoms. The topological polar surface area (TPSA) is 71.9 Å². The van der Waals surface area contributed by atoms with Gasteiger partial charge in [-0.3, -0.25) is 4.98 Å². The van der Waals surface area contributed by atoms with Crippen molar-refractivity contribution >= 4 is 11.7 Å². The van der Waals surface area contributed by atoms with Gasteiger partial charge in [-0.2, -0.15) is 0 Å². The molecule has 0 bridgehead atoms. The number of ether oxygens (including phenoxy) is 2. The largest absolute Gasteiger partial charge is 0.485 e. The Morgan fingerprint density at radius 3 is 2.38 bits per heavy atom. The Morgan fingerprint density at radius 1 is 1.10 bits per heavy atom. The molecule has 6 nitrogen and oxygen atoms in total. The molecule has 2 aliphatic rings. The van der Waals surface area contributed by atoms with Gasteiger partial charge < -0.3 is 19.5 Å². The highest BCUT2D eigenvalue weighted by atomic mass is 19.1. The molecule has 0 saturated carbocycles. The van der Waals surface area contributed by atoms with Crippen LogP contribution in [0, 0.1) is 25.1 Å². The molecule has 224 valence electrons. The van der Waals surface area contributed by atoms with E-state index < -0.39 is 17.7 Å². The highest BCUT2D eigenvalue weighted by Crippen LogP contribution is 2.46. The molecule has 1 aromatic heterocycles. The zero-order valence-electron chi connectivity index (χ0n) is 25.9. The summed E-state index contributed by atoms with van der Waals surface area (Å²) in [4.78, 5) is 20.0. The number of hydrogen-bond acceptors (Lipinski definition) is 5. The fourth-order valence-corrected chi connectivity index (χ4v) is 6.21. The van der Waals surface area contributed by atoms with E-state index in [0.717, 1.165) is 78.2 Å². The van der Waals surface area contributed by atoms with E-state index in [1.807, 2.05) is 46.8 Å². The van der Waals surface area contributed by atoms with E-state index in [-0.39, 0.29) is 17.3 Å². The first kappa shape index (κ1) is 30.0. The molecule has 3 heterocycles. The number of hydrogen-bond donors (Lipinski definition) is 1. The Bertz CT molecular complexity index is 1470. The number of piperidine rings is 1. The summed E-state index contributed by atoms with van der Waals surface area (Å²) in [6.07, 6.45) is 2.33. The van der Waals surface area contributed by atoms with Gasteiger partial charge in [-0.25, -0.2) is 9.18 Å². The van der Waals surface area contributed by atoms with E-state index >= 15 is 0 Å². The third-order valence-corrected chi connectivity index (χ3v) is 8.51. The molecule has 0 radical (unpaired) electrons. The molecule has 1 N–H and O–H groups in total. The second-order valence-electron chi connectivity index (χ2n) is 13.5. The van der Waals surface area contributed by atoms with Crippen molar-refractivity contribution < 1.29 is 23.8 Å². The van der Waals surface area contributed by atoms with Gasteiger partial charge in [0.15, 0.2) is 6.10 Å². The molecule has 0 amide bonds. The molecular formula is C35H43FN2O4. The number of carboxylic acid groups (broad SMARTS) is 1. The minimum atomic E-state index is -1.15. The first-order valence-corrected chi connectivity index (χ1v) is 14.9. The van der Waals surface area contributed by atoms with Crippen LogP contribution in [0.1, 0.15) is 94.2 Å². The number of carbonyl (C=O) groups is 1. The fraction of sp³-hybridized carbons (Fsp3) is 0.486. The normalized spacial score (nSPS) is 19.1. The van der Waals surface area contributed by atoms with E-state index in [4.69, 9.17) is 14.5 Å². The number of aliphatic carboxylic acids is 1. The van der Waals surface area contributed by atoms with E-state index in [1.165, 1.54) is 12.1 Å². The molecule has 0 spiro atoms. The zero-order chi connectivity index (χ0) is 30.4. The van der Waals surface area contributed by atoms with Crippen LogP contribution >= 0.6 is 0 Å². The fourth-order valence-electron chi connectivity index (χ4n) is 6.21. The summed E-state index contributed by atoms with van der Waals surface area (Å²) in [7, 11) is 0. The van der Waals surface area contributed by atoms with Crippen LogP contribution < -0.4 is 9.64 Å². The highest BCUT2D eigenvalue weighted by molar-refractivity contribution is 5.88. The van der Waals surface area contributed by atoms with Crippen molar-refractivity contribution in [3.05, 3.63) is 76.4 Å². The van der Waals surface area contributed by atoms with Crippen LogP contribution in [0.15, 0.2) is 42.5 Å². The van der Waals surface area contributed by atoms with Gasteiger partial charge in [-0.15, -0.1) is 0 Å². The second kappa shape index (κ2) is 11.3. The standard InChI is InChI=1S/C35H43FN2O4/c1-21-29(25-11-15-28-24(20-25)10-14-27(41-28)23-8-12-26(36)13-9-23)31(38-18-16-35(6,7)17-19-38)30(22(2)37-21)32(33(39)40)42-34(3,4)5/h8-9,11-13,15,20,27,32H,10,14,16-19H2,1-7H3,(H,39,40)/t27?,32-/m0/s1. The quantitative estimate of drug-likeness (QED) is 0.320. The van der Waals surface area contributed by atoms with Crippen molar-refractivity contribution in [3.8, 4) is 16.9 Å². The number of pyridine rings is 1. The number of benzene rings is 2. The SMILES string of the molecule is Cc1nc(C)c([C@H](OC(C)(C)C)C(=O)O)c(N2CCC(C)(C)CC2)c1-c1ccc2c(c1)CCC(c1ccc(F)cc1)O2. The third-order valence-electron chi connectivity index (χ3n) is 8.51.